The van der Waals surface area contributed by atoms with Gasteiger partial charge < -0.3 is 33.8 Å². The summed E-state index contributed by atoms with van der Waals surface area (Å²) < 4.78 is 68.6. The first-order valence-corrected chi connectivity index (χ1v) is 45.2. The number of aliphatic hydroxyl groups is 1. The van der Waals surface area contributed by atoms with Gasteiger partial charge in [-0.25, -0.2) is 9.13 Å². The lowest BCUT2D eigenvalue weighted by molar-refractivity contribution is -0.161. The van der Waals surface area contributed by atoms with E-state index in [2.05, 4.69) is 34.6 Å². The minimum Gasteiger partial charge on any atom is -0.462 e. The van der Waals surface area contributed by atoms with Gasteiger partial charge in [0.05, 0.1) is 26.4 Å². The minimum atomic E-state index is -4.96. The van der Waals surface area contributed by atoms with Gasteiger partial charge in [0.25, 0.3) is 0 Å². The molecule has 6 atom stereocenters. The van der Waals surface area contributed by atoms with Crippen molar-refractivity contribution in [1.29, 1.82) is 0 Å². The van der Waals surface area contributed by atoms with E-state index in [9.17, 15) is 43.2 Å². The Morgan fingerprint density at radius 2 is 0.480 bits per heavy atom. The van der Waals surface area contributed by atoms with E-state index in [1.807, 2.05) is 0 Å². The Hall–Kier alpha value is -1.94. The highest BCUT2D eigenvalue weighted by Gasteiger charge is 2.30. The summed E-state index contributed by atoms with van der Waals surface area (Å²) in [5.74, 6) is -1.34. The van der Waals surface area contributed by atoms with Crippen LogP contribution in [-0.2, 0) is 65.4 Å². The molecular weight excluding hydrogens is 1310 g/mol. The average Bonchev–Trinajstić information content (AvgIpc) is 0.960. The summed E-state index contributed by atoms with van der Waals surface area (Å²) in [4.78, 5) is 72.9. The largest absolute Gasteiger partial charge is 0.472 e. The van der Waals surface area contributed by atoms with Crippen LogP contribution in [0.5, 0.6) is 0 Å². The molecule has 17 nitrogen and oxygen atoms in total. The Balaban J connectivity index is 5.20. The van der Waals surface area contributed by atoms with Crippen molar-refractivity contribution in [2.75, 3.05) is 39.6 Å². The molecule has 0 aliphatic carbocycles. The number of unbranched alkanes of at least 4 members (excludes halogenated alkanes) is 52. The molecule has 0 aromatic heterocycles. The molecule has 3 unspecified atom stereocenters. The number of rotatable bonds is 81. The Morgan fingerprint density at radius 3 is 0.710 bits per heavy atom. The molecule has 0 rings (SSSR count). The highest BCUT2D eigenvalue weighted by Crippen LogP contribution is 2.45. The fraction of sp³-hybridized carbons (Fsp3) is 0.951. The van der Waals surface area contributed by atoms with Crippen LogP contribution in [0.2, 0.25) is 0 Å². The third-order valence-electron chi connectivity index (χ3n) is 19.4. The molecule has 0 fully saturated rings. The molecule has 0 aliphatic heterocycles. The van der Waals surface area contributed by atoms with Gasteiger partial charge in [0.1, 0.15) is 19.3 Å². The second kappa shape index (κ2) is 73.9. The van der Waals surface area contributed by atoms with E-state index in [-0.39, 0.29) is 25.7 Å². The van der Waals surface area contributed by atoms with Crippen molar-refractivity contribution in [2.45, 2.75) is 451 Å². The van der Waals surface area contributed by atoms with Crippen LogP contribution in [0.4, 0.5) is 0 Å². The quantitative estimate of drug-likeness (QED) is 0.0222. The van der Waals surface area contributed by atoms with E-state index in [1.54, 1.807) is 0 Å². The molecule has 0 heterocycles. The van der Waals surface area contributed by atoms with Gasteiger partial charge in [-0.3, -0.25) is 37.3 Å². The molecular formula is C81H158O17P2. The van der Waals surface area contributed by atoms with E-state index in [0.29, 0.717) is 25.7 Å². The average molecular weight is 1470 g/mol. The number of carbonyl (C=O) groups is 4. The molecule has 0 amide bonds. The molecule has 0 aliphatic rings. The topological polar surface area (TPSA) is 237 Å². The molecule has 19 heteroatoms. The fourth-order valence-electron chi connectivity index (χ4n) is 12.6. The fourth-order valence-corrected chi connectivity index (χ4v) is 14.1. The van der Waals surface area contributed by atoms with Crippen LogP contribution in [0.25, 0.3) is 0 Å². The maximum atomic E-state index is 13.1. The molecule has 0 bridgehead atoms. The number of hydrogen-bond donors (Lipinski definition) is 3. The van der Waals surface area contributed by atoms with Crippen LogP contribution in [0.1, 0.15) is 433 Å². The van der Waals surface area contributed by atoms with Crippen molar-refractivity contribution in [3.8, 4) is 0 Å². The van der Waals surface area contributed by atoms with Gasteiger partial charge >= 0.3 is 39.5 Å². The van der Waals surface area contributed by atoms with Gasteiger partial charge in [0, 0.05) is 25.7 Å². The van der Waals surface area contributed by atoms with Gasteiger partial charge in [-0.15, -0.1) is 0 Å². The first-order chi connectivity index (χ1) is 48.6. The summed E-state index contributed by atoms with van der Waals surface area (Å²) in [6.07, 6.45) is 65.3. The molecule has 0 aromatic rings. The summed E-state index contributed by atoms with van der Waals surface area (Å²) in [5, 5.41) is 10.6. The zero-order chi connectivity index (χ0) is 73.4. The minimum absolute atomic E-state index is 0.105. The monoisotopic (exact) mass is 1470 g/mol. The zero-order valence-electron chi connectivity index (χ0n) is 65.3. The standard InChI is InChI=1S/C81H158O17P2/c1-6-10-13-16-19-22-24-26-28-30-32-33-34-36-38-40-42-45-51-56-61-66-80(85)97-76(71-92-79(84)65-60-55-50-44-41-39-37-35-31-29-27-25-23-20-17-14-11-7-2)72-95-99(87,88)93-68-75(82)69-94-100(89,90)96-73-77(70-91-78(83)64-59-54-49-43-21-18-15-12-8-3)98-81(86)67-62-57-52-47-46-48-53-58-63-74(5)9-4/h74-77,82H,6-73H2,1-5H3,(H,87,88)(H,89,90)/t74?,75-,76-,77-/m1/s1. The number of phosphoric acid groups is 2. The Bertz CT molecular complexity index is 1910. The molecule has 0 saturated carbocycles. The summed E-state index contributed by atoms with van der Waals surface area (Å²) >= 11 is 0. The zero-order valence-corrected chi connectivity index (χ0v) is 67.1. The maximum Gasteiger partial charge on any atom is 0.472 e. The molecule has 3 N–H and O–H groups in total. The lowest BCUT2D eigenvalue weighted by Crippen LogP contribution is -2.30. The second-order valence-electron chi connectivity index (χ2n) is 29.4. The summed E-state index contributed by atoms with van der Waals surface area (Å²) in [6.45, 7) is 7.30. The molecule has 0 saturated heterocycles. The van der Waals surface area contributed by atoms with Crippen LogP contribution in [0.15, 0.2) is 0 Å². The Kier molecular flexibility index (Phi) is 72.5. The predicted molar refractivity (Wildman–Crippen MR) is 409 cm³/mol. The predicted octanol–water partition coefficient (Wildman–Crippen LogP) is 24.4. The maximum absolute atomic E-state index is 13.1. The lowest BCUT2D eigenvalue weighted by Gasteiger charge is -2.21. The molecule has 0 radical (unpaired) electrons. The number of aliphatic hydroxyl groups excluding tert-OH is 1. The molecule has 594 valence electrons. The van der Waals surface area contributed by atoms with E-state index in [0.717, 1.165) is 95.8 Å². The summed E-state index contributed by atoms with van der Waals surface area (Å²) in [6, 6.07) is 0. The lowest BCUT2D eigenvalue weighted by atomic mass is 9.99. The summed E-state index contributed by atoms with van der Waals surface area (Å²) in [5.41, 5.74) is 0. The van der Waals surface area contributed by atoms with E-state index < -0.39 is 97.5 Å². The smallest absolute Gasteiger partial charge is 0.462 e. The second-order valence-corrected chi connectivity index (χ2v) is 32.3. The Morgan fingerprint density at radius 1 is 0.280 bits per heavy atom. The third kappa shape index (κ3) is 73.0. The van der Waals surface area contributed by atoms with Crippen molar-refractivity contribution in [3.63, 3.8) is 0 Å². The van der Waals surface area contributed by atoms with Crippen LogP contribution in [0, 0.1) is 5.92 Å². The highest BCUT2D eigenvalue weighted by molar-refractivity contribution is 7.47. The van der Waals surface area contributed by atoms with Gasteiger partial charge in [-0.2, -0.15) is 0 Å². The van der Waals surface area contributed by atoms with Crippen molar-refractivity contribution in [1.82, 2.24) is 0 Å². The molecule has 100 heavy (non-hydrogen) atoms. The first kappa shape index (κ1) is 98.1. The van der Waals surface area contributed by atoms with Crippen LogP contribution >= 0.6 is 15.6 Å². The number of esters is 4. The van der Waals surface area contributed by atoms with Gasteiger partial charge in [0.15, 0.2) is 12.2 Å². The number of hydrogen-bond acceptors (Lipinski definition) is 15. The number of phosphoric ester groups is 2. The normalized spacial score (nSPS) is 14.1. The molecule has 0 aromatic carbocycles. The van der Waals surface area contributed by atoms with Crippen molar-refractivity contribution in [3.05, 3.63) is 0 Å². The highest BCUT2D eigenvalue weighted by atomic mass is 31.2. The molecule has 0 spiro atoms. The Labute approximate surface area is 613 Å². The van der Waals surface area contributed by atoms with Crippen molar-refractivity contribution >= 4 is 39.5 Å². The van der Waals surface area contributed by atoms with Crippen LogP contribution in [0.3, 0.4) is 0 Å². The van der Waals surface area contributed by atoms with Gasteiger partial charge in [-0.05, 0) is 31.6 Å². The SMILES string of the molecule is CCCCCCCCCCCCCCCCCCCCCCCC(=O)O[C@H](COC(=O)CCCCCCCCCCCCCCCCCCCC)COP(=O)(O)OC[C@@H](O)COP(=O)(O)OC[C@@H](COC(=O)CCCCCCCCCCC)OC(=O)CCCCCCCCCCC(C)CC. The first-order valence-electron chi connectivity index (χ1n) is 42.2. The van der Waals surface area contributed by atoms with E-state index >= 15 is 0 Å². The number of carbonyl (C=O) groups excluding carboxylic acids is 4. The third-order valence-corrected chi connectivity index (χ3v) is 21.3. The van der Waals surface area contributed by atoms with Crippen molar-refractivity contribution < 1.29 is 80.2 Å². The van der Waals surface area contributed by atoms with Crippen LogP contribution < -0.4 is 0 Å². The summed E-state index contributed by atoms with van der Waals surface area (Å²) in [7, 11) is -9.92. The van der Waals surface area contributed by atoms with Gasteiger partial charge in [-0.1, -0.05) is 381 Å². The van der Waals surface area contributed by atoms with Crippen LogP contribution in [-0.4, -0.2) is 96.7 Å². The van der Waals surface area contributed by atoms with Gasteiger partial charge in [0.2, 0.25) is 0 Å². The van der Waals surface area contributed by atoms with Crippen molar-refractivity contribution in [2.24, 2.45) is 5.92 Å². The van der Waals surface area contributed by atoms with E-state index in [1.165, 1.54) is 257 Å². The van der Waals surface area contributed by atoms with E-state index in [4.69, 9.17) is 37.0 Å². The number of ether oxygens (including phenoxy) is 4.